The smallest absolute Gasteiger partial charge is 0.185 e. The average Bonchev–Trinajstić information content (AvgIpc) is 2.27. The third-order valence-electron chi connectivity index (χ3n) is 2.11. The fourth-order valence-electron chi connectivity index (χ4n) is 1.20. The summed E-state index contributed by atoms with van der Waals surface area (Å²) in [5, 5.41) is 3.53. The quantitative estimate of drug-likeness (QED) is 0.425. The van der Waals surface area contributed by atoms with E-state index < -0.39 is 0 Å². The van der Waals surface area contributed by atoms with Gasteiger partial charge >= 0.3 is 0 Å². The van der Waals surface area contributed by atoms with Crippen molar-refractivity contribution in [1.82, 2.24) is 10.7 Å². The van der Waals surface area contributed by atoms with Gasteiger partial charge in [-0.3, -0.25) is 10.9 Å². The van der Waals surface area contributed by atoms with Gasteiger partial charge < -0.3 is 5.32 Å². The summed E-state index contributed by atoms with van der Waals surface area (Å²) in [6.07, 6.45) is 1.76. The van der Waals surface area contributed by atoms with Crippen LogP contribution in [0, 0.1) is 13.8 Å². The highest BCUT2D eigenvalue weighted by atomic mass is 32.1. The van der Waals surface area contributed by atoms with Crippen LogP contribution in [0.4, 0.5) is 5.69 Å². The Morgan fingerprint density at radius 1 is 1.44 bits per heavy atom. The van der Waals surface area contributed by atoms with E-state index in [1.807, 2.05) is 6.92 Å². The van der Waals surface area contributed by atoms with Gasteiger partial charge in [-0.1, -0.05) is 18.2 Å². The van der Waals surface area contributed by atoms with Gasteiger partial charge in [0.15, 0.2) is 5.11 Å². The zero-order chi connectivity index (χ0) is 12.0. The molecule has 0 aliphatic heterocycles. The molecule has 0 amide bonds. The summed E-state index contributed by atoms with van der Waals surface area (Å²) in [5.41, 5.74) is 9.41. The molecule has 0 atom stereocenters. The number of aryl methyl sites for hydroxylation is 2. The lowest BCUT2D eigenvalue weighted by Crippen LogP contribution is -2.38. The molecule has 4 heteroatoms. The topological polar surface area (TPSA) is 36.1 Å². The molecule has 86 valence electrons. The maximum Gasteiger partial charge on any atom is 0.185 e. The average molecular weight is 235 g/mol. The number of hydrazine groups is 1. The van der Waals surface area contributed by atoms with Crippen LogP contribution in [0.25, 0.3) is 0 Å². The standard InChI is InChI=1S/C12H17N3S/c1-4-7-13-12(16)15-14-11-8-9(2)5-6-10(11)3/h4-6,8,14H,1,7H2,2-3H3,(H2,13,15,16). The summed E-state index contributed by atoms with van der Waals surface area (Å²) in [4.78, 5) is 0. The lowest BCUT2D eigenvalue weighted by atomic mass is 10.1. The Kier molecular flexibility index (Phi) is 4.79. The van der Waals surface area contributed by atoms with E-state index in [0.717, 1.165) is 5.69 Å². The van der Waals surface area contributed by atoms with E-state index >= 15 is 0 Å². The van der Waals surface area contributed by atoms with Crippen LogP contribution < -0.4 is 16.2 Å². The minimum Gasteiger partial charge on any atom is -0.358 e. The van der Waals surface area contributed by atoms with Gasteiger partial charge in [0, 0.05) is 6.54 Å². The van der Waals surface area contributed by atoms with Crippen molar-refractivity contribution in [2.24, 2.45) is 0 Å². The van der Waals surface area contributed by atoms with E-state index in [1.165, 1.54) is 11.1 Å². The molecule has 1 aromatic rings. The van der Waals surface area contributed by atoms with Crippen LogP contribution in [-0.4, -0.2) is 11.7 Å². The van der Waals surface area contributed by atoms with Crippen molar-refractivity contribution in [2.45, 2.75) is 13.8 Å². The molecule has 0 aromatic heterocycles. The van der Waals surface area contributed by atoms with Crippen LogP contribution in [0.1, 0.15) is 11.1 Å². The number of nitrogens with one attached hydrogen (secondary N) is 3. The number of thiocarbonyl (C=S) groups is 1. The second-order valence-corrected chi connectivity index (χ2v) is 3.98. The summed E-state index contributed by atoms with van der Waals surface area (Å²) in [5.74, 6) is 0. The monoisotopic (exact) mass is 235 g/mol. The summed E-state index contributed by atoms with van der Waals surface area (Å²) in [7, 11) is 0. The third kappa shape index (κ3) is 3.90. The molecule has 0 spiro atoms. The van der Waals surface area contributed by atoms with E-state index in [1.54, 1.807) is 6.08 Å². The van der Waals surface area contributed by atoms with Crippen LogP contribution in [0.5, 0.6) is 0 Å². The van der Waals surface area contributed by atoms with Crippen molar-refractivity contribution < 1.29 is 0 Å². The molecule has 0 aliphatic rings. The highest BCUT2D eigenvalue weighted by Gasteiger charge is 1.98. The molecule has 0 radical (unpaired) electrons. The fraction of sp³-hybridized carbons (Fsp3) is 0.250. The van der Waals surface area contributed by atoms with E-state index in [2.05, 4.69) is 47.9 Å². The highest BCUT2D eigenvalue weighted by Crippen LogP contribution is 2.14. The predicted molar refractivity (Wildman–Crippen MR) is 73.5 cm³/mol. The molecular weight excluding hydrogens is 218 g/mol. The van der Waals surface area contributed by atoms with Crippen LogP contribution in [0.15, 0.2) is 30.9 Å². The molecule has 0 heterocycles. The van der Waals surface area contributed by atoms with Crippen molar-refractivity contribution in [1.29, 1.82) is 0 Å². The Balaban J connectivity index is 2.50. The van der Waals surface area contributed by atoms with Crippen LogP contribution >= 0.6 is 12.2 Å². The van der Waals surface area contributed by atoms with Crippen LogP contribution in [0.3, 0.4) is 0 Å². The summed E-state index contributed by atoms with van der Waals surface area (Å²) in [6, 6.07) is 6.22. The number of hydrogen-bond donors (Lipinski definition) is 3. The maximum atomic E-state index is 5.06. The second kappa shape index (κ2) is 6.12. The zero-order valence-corrected chi connectivity index (χ0v) is 10.4. The van der Waals surface area contributed by atoms with E-state index in [-0.39, 0.29) is 0 Å². The minimum absolute atomic E-state index is 0.556. The van der Waals surface area contributed by atoms with Crippen molar-refractivity contribution in [3.8, 4) is 0 Å². The minimum atomic E-state index is 0.556. The summed E-state index contributed by atoms with van der Waals surface area (Å²) >= 11 is 5.06. The third-order valence-corrected chi connectivity index (χ3v) is 2.36. The molecule has 3 N–H and O–H groups in total. The molecule has 0 saturated carbocycles. The Morgan fingerprint density at radius 3 is 2.88 bits per heavy atom. The lowest BCUT2D eigenvalue weighted by molar-refractivity contribution is 0.977. The second-order valence-electron chi connectivity index (χ2n) is 3.57. The molecule has 0 aliphatic carbocycles. The first-order valence-electron chi connectivity index (χ1n) is 5.11. The lowest BCUT2D eigenvalue weighted by Gasteiger charge is -2.13. The van der Waals surface area contributed by atoms with Gasteiger partial charge in [-0.25, -0.2) is 0 Å². The van der Waals surface area contributed by atoms with Gasteiger partial charge in [-0.2, -0.15) is 0 Å². The molecule has 0 fully saturated rings. The van der Waals surface area contributed by atoms with Gasteiger partial charge in [0.25, 0.3) is 0 Å². The fourth-order valence-corrected chi connectivity index (χ4v) is 1.34. The van der Waals surface area contributed by atoms with Crippen molar-refractivity contribution in [3.05, 3.63) is 42.0 Å². The number of anilines is 1. The molecule has 1 aromatic carbocycles. The normalized spacial score (nSPS) is 9.38. The Labute approximate surface area is 102 Å². The summed E-state index contributed by atoms with van der Waals surface area (Å²) < 4.78 is 0. The summed E-state index contributed by atoms with van der Waals surface area (Å²) in [6.45, 7) is 8.36. The van der Waals surface area contributed by atoms with Gasteiger partial charge in [0.05, 0.1) is 5.69 Å². The van der Waals surface area contributed by atoms with Gasteiger partial charge in [-0.15, -0.1) is 6.58 Å². The molecule has 3 nitrogen and oxygen atoms in total. The van der Waals surface area contributed by atoms with Gasteiger partial charge in [0.1, 0.15) is 0 Å². The van der Waals surface area contributed by atoms with Crippen molar-refractivity contribution >= 4 is 23.0 Å². The van der Waals surface area contributed by atoms with Gasteiger partial charge in [-0.05, 0) is 43.3 Å². The number of benzene rings is 1. The first kappa shape index (κ1) is 12.5. The SMILES string of the molecule is C=CCNC(=S)NNc1cc(C)ccc1C. The van der Waals surface area contributed by atoms with E-state index in [4.69, 9.17) is 12.2 Å². The highest BCUT2D eigenvalue weighted by molar-refractivity contribution is 7.80. The number of hydrogen-bond acceptors (Lipinski definition) is 2. The largest absolute Gasteiger partial charge is 0.358 e. The first-order chi connectivity index (χ1) is 7.63. The molecule has 16 heavy (non-hydrogen) atoms. The number of rotatable bonds is 4. The zero-order valence-electron chi connectivity index (χ0n) is 9.63. The maximum absolute atomic E-state index is 5.06. The first-order valence-corrected chi connectivity index (χ1v) is 5.52. The molecular formula is C12H17N3S. The molecule has 0 saturated heterocycles. The van der Waals surface area contributed by atoms with Crippen LogP contribution in [-0.2, 0) is 0 Å². The Morgan fingerprint density at radius 2 is 2.19 bits per heavy atom. The Bertz CT molecular complexity index is 388. The molecule has 0 bridgehead atoms. The van der Waals surface area contributed by atoms with Gasteiger partial charge in [0.2, 0.25) is 0 Å². The molecule has 0 unspecified atom stereocenters. The van der Waals surface area contributed by atoms with Crippen molar-refractivity contribution in [2.75, 3.05) is 12.0 Å². The van der Waals surface area contributed by atoms with E-state index in [9.17, 15) is 0 Å². The molecule has 1 rings (SSSR count). The van der Waals surface area contributed by atoms with Crippen LogP contribution in [0.2, 0.25) is 0 Å². The predicted octanol–water partition coefficient (Wildman–Crippen LogP) is 2.28. The van der Waals surface area contributed by atoms with Crippen molar-refractivity contribution in [3.63, 3.8) is 0 Å². The Hall–Kier alpha value is -1.55. The van der Waals surface area contributed by atoms with E-state index in [0.29, 0.717) is 11.7 Å².